The molecule has 0 radical (unpaired) electrons. The molecule has 0 amide bonds. The Morgan fingerprint density at radius 3 is 2.83 bits per heavy atom. The fraction of sp³-hybridized carbons (Fsp3) is 0.154. The van der Waals surface area contributed by atoms with Crippen molar-refractivity contribution in [1.82, 2.24) is 4.98 Å². The molecule has 5 nitrogen and oxygen atoms in total. The van der Waals surface area contributed by atoms with Crippen molar-refractivity contribution in [1.29, 1.82) is 0 Å². The van der Waals surface area contributed by atoms with Crippen molar-refractivity contribution in [2.24, 2.45) is 0 Å². The molecule has 2 rings (SSSR count). The van der Waals surface area contributed by atoms with Gasteiger partial charge >= 0.3 is 5.97 Å². The molecule has 0 aliphatic rings. The first-order valence-electron chi connectivity index (χ1n) is 5.41. The molecule has 0 spiro atoms. The smallest absolute Gasteiger partial charge is 0.336 e. The largest absolute Gasteiger partial charge is 0.478 e. The minimum absolute atomic E-state index is 0.171. The van der Waals surface area contributed by atoms with Crippen molar-refractivity contribution in [2.45, 2.75) is 0 Å². The third-order valence-electron chi connectivity index (χ3n) is 2.67. The number of carboxylic acids is 1. The molecular weight excluding hydrogens is 232 g/mol. The molecule has 92 valence electrons. The number of rotatable bonds is 4. The van der Waals surface area contributed by atoms with E-state index in [0.717, 1.165) is 6.29 Å². The molecule has 0 unspecified atom stereocenters. The lowest BCUT2D eigenvalue weighted by atomic mass is 10.1. The summed E-state index contributed by atoms with van der Waals surface area (Å²) in [5.74, 6) is -0.535. The average Bonchev–Trinajstić information content (AvgIpc) is 2.37. The normalized spacial score (nSPS) is 10.3. The molecule has 1 aromatic heterocycles. The Hall–Kier alpha value is -2.43. The Morgan fingerprint density at radius 2 is 2.17 bits per heavy atom. The summed E-state index contributed by atoms with van der Waals surface area (Å²) in [4.78, 5) is 27.7. The van der Waals surface area contributed by atoms with Crippen molar-refractivity contribution in [2.75, 3.05) is 18.5 Å². The van der Waals surface area contributed by atoms with Gasteiger partial charge in [0.05, 0.1) is 17.6 Å². The number of aromatic carboxylic acids is 1. The number of nitrogens with zero attached hydrogens (tertiary/aromatic N) is 2. The first kappa shape index (κ1) is 12.0. The van der Waals surface area contributed by atoms with Crippen LogP contribution in [0.25, 0.3) is 10.9 Å². The van der Waals surface area contributed by atoms with Crippen molar-refractivity contribution < 1.29 is 14.7 Å². The Kier molecular flexibility index (Phi) is 3.23. The SMILES string of the molecule is CN(CC=O)c1cc(C(=O)O)c2ccccc2n1. The van der Waals surface area contributed by atoms with Crippen LogP contribution in [0.3, 0.4) is 0 Å². The zero-order chi connectivity index (χ0) is 13.1. The highest BCUT2D eigenvalue weighted by molar-refractivity contribution is 6.03. The van der Waals surface area contributed by atoms with Gasteiger partial charge in [-0.05, 0) is 12.1 Å². The summed E-state index contributed by atoms with van der Waals surface area (Å²) in [6, 6.07) is 8.51. The summed E-state index contributed by atoms with van der Waals surface area (Å²) in [6.45, 7) is 0.171. The monoisotopic (exact) mass is 244 g/mol. The van der Waals surface area contributed by atoms with Crippen LogP contribution >= 0.6 is 0 Å². The topological polar surface area (TPSA) is 70.5 Å². The van der Waals surface area contributed by atoms with E-state index in [-0.39, 0.29) is 12.1 Å². The second-order valence-corrected chi connectivity index (χ2v) is 3.90. The summed E-state index contributed by atoms with van der Waals surface area (Å²) in [7, 11) is 1.69. The fourth-order valence-corrected chi connectivity index (χ4v) is 1.74. The van der Waals surface area contributed by atoms with Gasteiger partial charge in [-0.25, -0.2) is 9.78 Å². The molecule has 1 N–H and O–H groups in total. The van der Waals surface area contributed by atoms with Gasteiger partial charge in [0.25, 0.3) is 0 Å². The number of aldehydes is 1. The Morgan fingerprint density at radius 1 is 1.44 bits per heavy atom. The number of pyridine rings is 1. The number of aromatic nitrogens is 1. The van der Waals surface area contributed by atoms with E-state index in [0.29, 0.717) is 16.7 Å². The van der Waals surface area contributed by atoms with Gasteiger partial charge in [0, 0.05) is 12.4 Å². The molecule has 0 aliphatic carbocycles. The highest BCUT2D eigenvalue weighted by Gasteiger charge is 2.13. The van der Waals surface area contributed by atoms with Crippen molar-refractivity contribution in [3.8, 4) is 0 Å². The molecule has 18 heavy (non-hydrogen) atoms. The zero-order valence-corrected chi connectivity index (χ0v) is 9.83. The number of anilines is 1. The molecule has 2 aromatic rings. The molecule has 0 saturated heterocycles. The average molecular weight is 244 g/mol. The van der Waals surface area contributed by atoms with Crippen LogP contribution in [0.4, 0.5) is 5.82 Å². The molecule has 1 heterocycles. The number of hydrogen-bond donors (Lipinski definition) is 1. The van der Waals surface area contributed by atoms with Crippen LogP contribution in [0.15, 0.2) is 30.3 Å². The number of carbonyl (C=O) groups excluding carboxylic acids is 1. The number of hydrogen-bond acceptors (Lipinski definition) is 4. The van der Waals surface area contributed by atoms with Crippen LogP contribution in [0, 0.1) is 0 Å². The second-order valence-electron chi connectivity index (χ2n) is 3.90. The summed E-state index contributed by atoms with van der Waals surface area (Å²) >= 11 is 0. The Labute approximate surface area is 104 Å². The lowest BCUT2D eigenvalue weighted by Crippen LogP contribution is -2.21. The Balaban J connectivity index is 2.64. The standard InChI is InChI=1S/C13H12N2O3/c1-15(6-7-16)12-8-10(13(17)18)9-4-2-3-5-11(9)14-12/h2-5,7-8H,6H2,1H3,(H,17,18). The van der Waals surface area contributed by atoms with Gasteiger partial charge < -0.3 is 14.8 Å². The fourth-order valence-electron chi connectivity index (χ4n) is 1.74. The number of carboxylic acid groups (broad SMARTS) is 1. The minimum Gasteiger partial charge on any atom is -0.478 e. The van der Waals surface area contributed by atoms with Gasteiger partial charge in [0.1, 0.15) is 12.1 Å². The molecule has 5 heteroatoms. The second kappa shape index (κ2) is 4.83. The number of para-hydroxylation sites is 1. The van der Waals surface area contributed by atoms with Crippen LogP contribution in [0.2, 0.25) is 0 Å². The maximum atomic E-state index is 11.2. The van der Waals surface area contributed by atoms with E-state index in [1.54, 1.807) is 36.2 Å². The van der Waals surface area contributed by atoms with E-state index in [1.165, 1.54) is 6.07 Å². The van der Waals surface area contributed by atoms with Gasteiger partial charge in [-0.2, -0.15) is 0 Å². The molecular formula is C13H12N2O3. The van der Waals surface area contributed by atoms with Gasteiger partial charge in [0.15, 0.2) is 0 Å². The quantitative estimate of drug-likeness (QED) is 0.826. The maximum absolute atomic E-state index is 11.2. The maximum Gasteiger partial charge on any atom is 0.336 e. The number of benzene rings is 1. The van der Waals surface area contributed by atoms with Crippen molar-refractivity contribution in [3.63, 3.8) is 0 Å². The third kappa shape index (κ3) is 2.15. The predicted molar refractivity (Wildman–Crippen MR) is 68.0 cm³/mol. The highest BCUT2D eigenvalue weighted by Crippen LogP contribution is 2.22. The van der Waals surface area contributed by atoms with E-state index in [1.807, 2.05) is 0 Å². The summed E-state index contributed by atoms with van der Waals surface area (Å²) < 4.78 is 0. The van der Waals surface area contributed by atoms with Crippen molar-refractivity contribution >= 4 is 29.0 Å². The summed E-state index contributed by atoms with van der Waals surface area (Å²) in [5, 5.41) is 9.79. The van der Waals surface area contributed by atoms with E-state index < -0.39 is 5.97 Å². The summed E-state index contributed by atoms with van der Waals surface area (Å²) in [5.41, 5.74) is 0.790. The number of likely N-dealkylation sites (N-methyl/N-ethyl adjacent to an activating group) is 1. The Bertz CT molecular complexity index is 610. The van der Waals surface area contributed by atoms with Gasteiger partial charge in [-0.3, -0.25) is 0 Å². The highest BCUT2D eigenvalue weighted by atomic mass is 16.4. The van der Waals surface area contributed by atoms with Crippen LogP contribution in [-0.2, 0) is 4.79 Å². The number of fused-ring (bicyclic) bond motifs is 1. The van der Waals surface area contributed by atoms with Gasteiger partial charge in [-0.1, -0.05) is 18.2 Å². The first-order valence-corrected chi connectivity index (χ1v) is 5.41. The van der Waals surface area contributed by atoms with E-state index in [2.05, 4.69) is 4.98 Å². The van der Waals surface area contributed by atoms with Crippen LogP contribution < -0.4 is 4.90 Å². The van der Waals surface area contributed by atoms with E-state index in [4.69, 9.17) is 0 Å². The minimum atomic E-state index is -1.01. The van der Waals surface area contributed by atoms with Crippen LogP contribution in [0.1, 0.15) is 10.4 Å². The molecule has 0 aliphatic heterocycles. The lowest BCUT2D eigenvalue weighted by Gasteiger charge is -2.16. The van der Waals surface area contributed by atoms with E-state index >= 15 is 0 Å². The molecule has 0 atom stereocenters. The first-order chi connectivity index (χ1) is 8.63. The van der Waals surface area contributed by atoms with Crippen LogP contribution in [0.5, 0.6) is 0 Å². The molecule has 1 aromatic carbocycles. The molecule has 0 bridgehead atoms. The van der Waals surface area contributed by atoms with Crippen LogP contribution in [-0.4, -0.2) is 35.9 Å². The van der Waals surface area contributed by atoms with E-state index in [9.17, 15) is 14.7 Å². The van der Waals surface area contributed by atoms with Crippen molar-refractivity contribution in [3.05, 3.63) is 35.9 Å². The lowest BCUT2D eigenvalue weighted by molar-refractivity contribution is -0.106. The zero-order valence-electron chi connectivity index (χ0n) is 9.83. The predicted octanol–water partition coefficient (Wildman–Crippen LogP) is 1.57. The van der Waals surface area contributed by atoms with Gasteiger partial charge in [0.2, 0.25) is 0 Å². The molecule has 0 fully saturated rings. The number of carbonyl (C=O) groups is 2. The van der Waals surface area contributed by atoms with Gasteiger partial charge in [-0.15, -0.1) is 0 Å². The summed E-state index contributed by atoms with van der Waals surface area (Å²) in [6.07, 6.45) is 0.747. The third-order valence-corrected chi connectivity index (χ3v) is 2.67. The molecule has 0 saturated carbocycles.